The number of Topliss-reactive ketones (excluding diaryl/α,β-unsaturated/α-hetero) is 1. The van der Waals surface area contributed by atoms with Crippen LogP contribution >= 0.6 is 0 Å². The summed E-state index contributed by atoms with van der Waals surface area (Å²) in [5.74, 6) is -0.0195. The molecule has 0 aromatic carbocycles. The minimum absolute atomic E-state index is 0.155. The summed E-state index contributed by atoms with van der Waals surface area (Å²) in [6.45, 7) is 12.5. The molecule has 0 amide bonds. The molecule has 0 saturated carbocycles. The zero-order valence-electron chi connectivity index (χ0n) is 11.8. The van der Waals surface area contributed by atoms with Crippen molar-refractivity contribution in [1.82, 2.24) is 0 Å². The zero-order chi connectivity index (χ0) is 14.0. The standard InChI is InChI=1S/C12H24O5Si/c1-6-15-18(16-7-2,17-8-3)10-9-14-12(5)11(4)13/h5-10H2,1-4H3. The van der Waals surface area contributed by atoms with Gasteiger partial charge in [-0.1, -0.05) is 6.58 Å². The molecule has 0 bridgehead atoms. The Morgan fingerprint density at radius 2 is 1.50 bits per heavy atom. The van der Waals surface area contributed by atoms with Crippen molar-refractivity contribution in [3.63, 3.8) is 0 Å². The average molecular weight is 276 g/mol. The van der Waals surface area contributed by atoms with Gasteiger partial charge in [0.15, 0.2) is 11.5 Å². The number of carbonyl (C=O) groups is 1. The Labute approximate surface area is 110 Å². The van der Waals surface area contributed by atoms with E-state index in [1.807, 2.05) is 20.8 Å². The van der Waals surface area contributed by atoms with Crippen LogP contribution in [0.3, 0.4) is 0 Å². The van der Waals surface area contributed by atoms with Crippen LogP contribution in [0, 0.1) is 0 Å². The molecule has 6 heteroatoms. The highest BCUT2D eigenvalue weighted by Crippen LogP contribution is 2.16. The zero-order valence-corrected chi connectivity index (χ0v) is 12.8. The van der Waals surface area contributed by atoms with Gasteiger partial charge in [0.25, 0.3) is 0 Å². The fourth-order valence-electron chi connectivity index (χ4n) is 1.40. The number of ether oxygens (including phenoxy) is 1. The molecule has 0 aromatic rings. The normalized spacial score (nSPS) is 11.3. The smallest absolute Gasteiger partial charge is 0.491 e. The van der Waals surface area contributed by atoms with E-state index in [0.29, 0.717) is 32.5 Å². The highest BCUT2D eigenvalue weighted by molar-refractivity contribution is 6.60. The van der Waals surface area contributed by atoms with Crippen molar-refractivity contribution in [3.05, 3.63) is 12.3 Å². The van der Waals surface area contributed by atoms with Crippen molar-refractivity contribution in [3.8, 4) is 0 Å². The molecule has 0 N–H and O–H groups in total. The summed E-state index contributed by atoms with van der Waals surface area (Å²) in [6, 6.07) is 0.509. The number of rotatable bonds is 11. The van der Waals surface area contributed by atoms with Gasteiger partial charge in [-0.25, -0.2) is 0 Å². The topological polar surface area (TPSA) is 54.0 Å². The Bertz CT molecular complexity index is 250. The molecule has 0 aliphatic carbocycles. The van der Waals surface area contributed by atoms with Crippen molar-refractivity contribution in [2.24, 2.45) is 0 Å². The van der Waals surface area contributed by atoms with Crippen molar-refractivity contribution in [1.29, 1.82) is 0 Å². The van der Waals surface area contributed by atoms with Gasteiger partial charge in [0.2, 0.25) is 0 Å². The van der Waals surface area contributed by atoms with Crippen molar-refractivity contribution >= 4 is 14.6 Å². The van der Waals surface area contributed by atoms with Crippen LogP contribution in [0.5, 0.6) is 0 Å². The molecule has 106 valence electrons. The van der Waals surface area contributed by atoms with E-state index < -0.39 is 8.80 Å². The first kappa shape index (κ1) is 17.3. The number of hydrogen-bond acceptors (Lipinski definition) is 5. The van der Waals surface area contributed by atoms with Gasteiger partial charge >= 0.3 is 8.80 Å². The molecule has 0 rings (SSSR count). The molecule has 0 aromatic heterocycles. The molecule has 0 aliphatic heterocycles. The Morgan fingerprint density at radius 3 is 1.83 bits per heavy atom. The van der Waals surface area contributed by atoms with E-state index in [1.165, 1.54) is 6.92 Å². The molecule has 0 atom stereocenters. The van der Waals surface area contributed by atoms with Crippen molar-refractivity contribution < 1.29 is 22.8 Å². The van der Waals surface area contributed by atoms with Gasteiger partial charge in [0.05, 0.1) is 12.7 Å². The third-order valence-corrected chi connectivity index (χ3v) is 5.17. The summed E-state index contributed by atoms with van der Waals surface area (Å²) < 4.78 is 22.2. The first-order valence-corrected chi connectivity index (χ1v) is 8.19. The SMILES string of the molecule is C=C(OCC[Si](OCC)(OCC)OCC)C(C)=O. The molecule has 0 radical (unpaired) electrons. The summed E-state index contributed by atoms with van der Waals surface area (Å²) in [7, 11) is -2.67. The van der Waals surface area contributed by atoms with Gasteiger partial charge in [-0.15, -0.1) is 0 Å². The predicted molar refractivity (Wildman–Crippen MR) is 71.2 cm³/mol. The maximum Gasteiger partial charge on any atom is 0.504 e. The van der Waals surface area contributed by atoms with Crippen molar-refractivity contribution in [2.45, 2.75) is 33.7 Å². The Morgan fingerprint density at radius 1 is 1.06 bits per heavy atom. The van der Waals surface area contributed by atoms with Crippen LogP contribution in [-0.2, 0) is 22.8 Å². The van der Waals surface area contributed by atoms with Crippen LogP contribution in [0.2, 0.25) is 6.04 Å². The van der Waals surface area contributed by atoms with Crippen LogP contribution < -0.4 is 0 Å². The first-order chi connectivity index (χ1) is 8.51. The van der Waals surface area contributed by atoms with E-state index in [2.05, 4.69) is 6.58 Å². The molecule has 0 unspecified atom stereocenters. The van der Waals surface area contributed by atoms with Crippen LogP contribution in [-0.4, -0.2) is 41.0 Å². The number of allylic oxidation sites excluding steroid dienone is 1. The Kier molecular flexibility index (Phi) is 8.91. The first-order valence-electron chi connectivity index (χ1n) is 6.25. The van der Waals surface area contributed by atoms with Crippen molar-refractivity contribution in [2.75, 3.05) is 26.4 Å². The van der Waals surface area contributed by atoms with Gasteiger partial charge in [-0.2, -0.15) is 0 Å². The second-order valence-electron chi connectivity index (χ2n) is 3.56. The Balaban J connectivity index is 4.37. The van der Waals surface area contributed by atoms with E-state index >= 15 is 0 Å². The molecule has 0 aliphatic rings. The maximum absolute atomic E-state index is 11.0. The molecule has 0 spiro atoms. The number of carbonyl (C=O) groups excluding carboxylic acids is 1. The number of hydrogen-bond donors (Lipinski definition) is 0. The molecule has 5 nitrogen and oxygen atoms in total. The molecular weight excluding hydrogens is 252 g/mol. The predicted octanol–water partition coefficient (Wildman–Crippen LogP) is 2.15. The summed E-state index contributed by atoms with van der Waals surface area (Å²) >= 11 is 0. The maximum atomic E-state index is 11.0. The highest BCUT2D eigenvalue weighted by Gasteiger charge is 2.40. The average Bonchev–Trinajstić information content (AvgIpc) is 2.29. The van der Waals surface area contributed by atoms with Gasteiger partial charge in [-0.3, -0.25) is 4.79 Å². The summed E-state index contributed by atoms with van der Waals surface area (Å²) in [5.41, 5.74) is 0. The largest absolute Gasteiger partial charge is 0.504 e. The van der Waals surface area contributed by atoms with E-state index in [4.69, 9.17) is 18.0 Å². The second-order valence-corrected chi connectivity index (χ2v) is 6.29. The van der Waals surface area contributed by atoms with Gasteiger partial charge in [0.1, 0.15) is 0 Å². The van der Waals surface area contributed by atoms with Crippen LogP contribution in [0.1, 0.15) is 27.7 Å². The highest BCUT2D eigenvalue weighted by atomic mass is 28.4. The fourth-order valence-corrected chi connectivity index (χ4v) is 3.76. The minimum Gasteiger partial charge on any atom is -0.491 e. The second kappa shape index (κ2) is 9.27. The van der Waals surface area contributed by atoms with Gasteiger partial charge < -0.3 is 18.0 Å². The lowest BCUT2D eigenvalue weighted by atomic mass is 10.4. The molecular formula is C12H24O5Si. The monoisotopic (exact) mass is 276 g/mol. The fraction of sp³-hybridized carbons (Fsp3) is 0.750. The van der Waals surface area contributed by atoms with E-state index in [0.717, 1.165) is 0 Å². The van der Waals surface area contributed by atoms with E-state index in [1.54, 1.807) is 0 Å². The van der Waals surface area contributed by atoms with E-state index in [9.17, 15) is 4.79 Å². The lowest BCUT2D eigenvalue weighted by Gasteiger charge is -2.28. The van der Waals surface area contributed by atoms with Crippen LogP contribution in [0.4, 0.5) is 0 Å². The molecule has 0 fully saturated rings. The lowest BCUT2D eigenvalue weighted by molar-refractivity contribution is -0.116. The molecule has 18 heavy (non-hydrogen) atoms. The number of ketones is 1. The molecule has 0 heterocycles. The third kappa shape index (κ3) is 6.30. The van der Waals surface area contributed by atoms with Crippen LogP contribution in [0.25, 0.3) is 0 Å². The summed E-state index contributed by atoms with van der Waals surface area (Å²) in [4.78, 5) is 11.0. The van der Waals surface area contributed by atoms with Crippen LogP contribution in [0.15, 0.2) is 12.3 Å². The van der Waals surface area contributed by atoms with E-state index in [-0.39, 0.29) is 11.5 Å². The third-order valence-electron chi connectivity index (χ3n) is 2.17. The quantitative estimate of drug-likeness (QED) is 0.329. The van der Waals surface area contributed by atoms with Gasteiger partial charge in [0, 0.05) is 26.7 Å². The molecule has 0 saturated heterocycles. The summed E-state index contributed by atoms with van der Waals surface area (Å²) in [6.07, 6.45) is 0. The lowest BCUT2D eigenvalue weighted by Crippen LogP contribution is -2.46. The summed E-state index contributed by atoms with van der Waals surface area (Å²) in [5, 5.41) is 0. The Hall–Kier alpha value is -0.693. The van der Waals surface area contributed by atoms with Gasteiger partial charge in [-0.05, 0) is 20.8 Å². The minimum atomic E-state index is -2.67.